The molecule has 2 rings (SSSR count). The lowest BCUT2D eigenvalue weighted by molar-refractivity contribution is -0.162. The first-order chi connectivity index (χ1) is 9.45. The number of halogens is 1. The summed E-state index contributed by atoms with van der Waals surface area (Å²) in [5.74, 6) is -1.73. The number of carbonyl (C=O) groups is 2. The van der Waals surface area contributed by atoms with E-state index in [4.69, 9.17) is 5.11 Å². The van der Waals surface area contributed by atoms with Crippen molar-refractivity contribution in [3.05, 3.63) is 35.1 Å². The Morgan fingerprint density at radius 1 is 1.40 bits per heavy atom. The summed E-state index contributed by atoms with van der Waals surface area (Å²) in [6, 6.07) is 4.52. The molecule has 0 bridgehead atoms. The van der Waals surface area contributed by atoms with Crippen molar-refractivity contribution in [2.45, 2.75) is 32.6 Å². The zero-order valence-electron chi connectivity index (χ0n) is 11.4. The number of carboxylic acids is 1. The SMILES string of the molecule is Cc1cc(F)ccc1CCNC(=O)C1(C(=O)O)CCC1. The minimum atomic E-state index is -1.22. The third kappa shape index (κ3) is 2.66. The van der Waals surface area contributed by atoms with Gasteiger partial charge in [0.1, 0.15) is 11.2 Å². The Balaban J connectivity index is 1.90. The van der Waals surface area contributed by atoms with E-state index >= 15 is 0 Å². The molecular weight excluding hydrogens is 261 g/mol. The maximum Gasteiger partial charge on any atom is 0.319 e. The van der Waals surface area contributed by atoms with Gasteiger partial charge in [0.15, 0.2) is 0 Å². The fourth-order valence-corrected chi connectivity index (χ4v) is 2.49. The van der Waals surface area contributed by atoms with Crippen LogP contribution in [0.4, 0.5) is 4.39 Å². The van der Waals surface area contributed by atoms with Crippen molar-refractivity contribution in [2.75, 3.05) is 6.54 Å². The van der Waals surface area contributed by atoms with Crippen LogP contribution in [-0.4, -0.2) is 23.5 Å². The van der Waals surface area contributed by atoms with Crippen LogP contribution in [0.2, 0.25) is 0 Å². The second kappa shape index (κ2) is 5.61. The predicted octanol–water partition coefficient (Wildman–Crippen LogP) is 2.05. The van der Waals surface area contributed by atoms with Crippen LogP contribution in [0.1, 0.15) is 30.4 Å². The lowest BCUT2D eigenvalue weighted by Gasteiger charge is -2.35. The molecule has 5 heteroatoms. The first-order valence-corrected chi connectivity index (χ1v) is 6.72. The third-order valence-electron chi connectivity index (χ3n) is 4.04. The van der Waals surface area contributed by atoms with E-state index in [0.717, 1.165) is 17.5 Å². The highest BCUT2D eigenvalue weighted by molar-refractivity contribution is 6.02. The van der Waals surface area contributed by atoms with Crippen LogP contribution in [0, 0.1) is 18.2 Å². The van der Waals surface area contributed by atoms with Gasteiger partial charge >= 0.3 is 5.97 Å². The standard InChI is InChI=1S/C15H18FNO3/c1-10-9-12(16)4-3-11(10)5-8-17-13(18)15(14(19)20)6-2-7-15/h3-4,9H,2,5-8H2,1H3,(H,17,18)(H,19,20). The first kappa shape index (κ1) is 14.5. The van der Waals surface area contributed by atoms with Gasteiger partial charge in [0.2, 0.25) is 5.91 Å². The molecule has 108 valence electrons. The molecule has 0 spiro atoms. The van der Waals surface area contributed by atoms with Gasteiger partial charge in [-0.1, -0.05) is 12.5 Å². The van der Waals surface area contributed by atoms with Crippen LogP contribution in [0.5, 0.6) is 0 Å². The van der Waals surface area contributed by atoms with Crippen molar-refractivity contribution in [3.8, 4) is 0 Å². The maximum absolute atomic E-state index is 13.0. The molecule has 1 amide bonds. The van der Waals surface area contributed by atoms with Crippen LogP contribution < -0.4 is 5.32 Å². The van der Waals surface area contributed by atoms with Crippen molar-refractivity contribution in [3.63, 3.8) is 0 Å². The molecule has 1 aliphatic rings. The monoisotopic (exact) mass is 279 g/mol. The highest BCUT2D eigenvalue weighted by Crippen LogP contribution is 2.41. The Morgan fingerprint density at radius 3 is 2.60 bits per heavy atom. The summed E-state index contributed by atoms with van der Waals surface area (Å²) in [6.07, 6.45) is 2.15. The van der Waals surface area contributed by atoms with Crippen molar-refractivity contribution >= 4 is 11.9 Å². The van der Waals surface area contributed by atoms with E-state index in [9.17, 15) is 14.0 Å². The van der Waals surface area contributed by atoms with Crippen LogP contribution in [0.15, 0.2) is 18.2 Å². The average Bonchev–Trinajstić information content (AvgIpc) is 2.30. The van der Waals surface area contributed by atoms with E-state index in [1.54, 1.807) is 6.07 Å². The van der Waals surface area contributed by atoms with Gasteiger partial charge in [-0.3, -0.25) is 9.59 Å². The highest BCUT2D eigenvalue weighted by Gasteiger charge is 2.50. The number of carboxylic acid groups (broad SMARTS) is 1. The van der Waals surface area contributed by atoms with Gasteiger partial charge in [-0.25, -0.2) is 4.39 Å². The van der Waals surface area contributed by atoms with Gasteiger partial charge in [-0.15, -0.1) is 0 Å². The smallest absolute Gasteiger partial charge is 0.319 e. The van der Waals surface area contributed by atoms with Gasteiger partial charge in [-0.2, -0.15) is 0 Å². The summed E-state index contributed by atoms with van der Waals surface area (Å²) in [6.45, 7) is 2.17. The molecule has 0 saturated heterocycles. The lowest BCUT2D eigenvalue weighted by atomic mass is 9.68. The maximum atomic E-state index is 13.0. The zero-order valence-corrected chi connectivity index (χ0v) is 11.4. The van der Waals surface area contributed by atoms with Crippen molar-refractivity contribution in [1.82, 2.24) is 5.32 Å². The van der Waals surface area contributed by atoms with Crippen molar-refractivity contribution < 1.29 is 19.1 Å². The van der Waals surface area contributed by atoms with Gasteiger partial charge < -0.3 is 10.4 Å². The highest BCUT2D eigenvalue weighted by atomic mass is 19.1. The van der Waals surface area contributed by atoms with E-state index in [1.807, 2.05) is 6.92 Å². The predicted molar refractivity (Wildman–Crippen MR) is 71.8 cm³/mol. The summed E-state index contributed by atoms with van der Waals surface area (Å²) in [5, 5.41) is 11.8. The number of rotatable bonds is 5. The van der Waals surface area contributed by atoms with Gasteiger partial charge in [0.25, 0.3) is 0 Å². The van der Waals surface area contributed by atoms with Crippen LogP contribution >= 0.6 is 0 Å². The average molecular weight is 279 g/mol. The Morgan fingerprint density at radius 2 is 2.10 bits per heavy atom. The molecule has 20 heavy (non-hydrogen) atoms. The summed E-state index contributed by atoms with van der Waals surface area (Å²) in [4.78, 5) is 23.1. The second-order valence-corrected chi connectivity index (χ2v) is 5.32. The van der Waals surface area contributed by atoms with Crippen molar-refractivity contribution in [1.29, 1.82) is 0 Å². The number of benzene rings is 1. The molecule has 0 aromatic heterocycles. The number of hydrogen-bond acceptors (Lipinski definition) is 2. The van der Waals surface area contributed by atoms with Crippen molar-refractivity contribution in [2.24, 2.45) is 5.41 Å². The molecule has 1 saturated carbocycles. The molecular formula is C15H18FNO3. The molecule has 0 unspecified atom stereocenters. The first-order valence-electron chi connectivity index (χ1n) is 6.72. The third-order valence-corrected chi connectivity index (χ3v) is 4.04. The summed E-state index contributed by atoms with van der Waals surface area (Å²) < 4.78 is 13.0. The molecule has 1 aromatic rings. The molecule has 0 aliphatic heterocycles. The normalized spacial score (nSPS) is 16.3. The largest absolute Gasteiger partial charge is 0.480 e. The Labute approximate surface area is 117 Å². The Hall–Kier alpha value is -1.91. The Kier molecular flexibility index (Phi) is 4.06. The van der Waals surface area contributed by atoms with Crippen LogP contribution in [0.3, 0.4) is 0 Å². The van der Waals surface area contributed by atoms with Gasteiger partial charge in [0.05, 0.1) is 0 Å². The minimum Gasteiger partial charge on any atom is -0.480 e. The minimum absolute atomic E-state index is 0.283. The molecule has 0 atom stereocenters. The van der Waals surface area contributed by atoms with Gasteiger partial charge in [-0.05, 0) is 49.4 Å². The lowest BCUT2D eigenvalue weighted by Crippen LogP contribution is -2.51. The summed E-state index contributed by atoms with van der Waals surface area (Å²) in [5.41, 5.74) is 0.554. The molecule has 1 aromatic carbocycles. The summed E-state index contributed by atoms with van der Waals surface area (Å²) in [7, 11) is 0. The number of aryl methyl sites for hydroxylation is 1. The van der Waals surface area contributed by atoms with E-state index in [0.29, 0.717) is 25.8 Å². The number of carbonyl (C=O) groups excluding carboxylic acids is 1. The molecule has 0 radical (unpaired) electrons. The number of amides is 1. The van der Waals surface area contributed by atoms with E-state index < -0.39 is 17.3 Å². The second-order valence-electron chi connectivity index (χ2n) is 5.32. The van der Waals surface area contributed by atoms with Crippen LogP contribution in [0.25, 0.3) is 0 Å². The number of nitrogens with one attached hydrogen (secondary N) is 1. The fraction of sp³-hybridized carbons (Fsp3) is 0.467. The molecule has 0 heterocycles. The Bertz CT molecular complexity index is 538. The number of aliphatic carboxylic acids is 1. The van der Waals surface area contributed by atoms with E-state index in [1.165, 1.54) is 12.1 Å². The van der Waals surface area contributed by atoms with Gasteiger partial charge in [0, 0.05) is 6.54 Å². The molecule has 2 N–H and O–H groups in total. The van der Waals surface area contributed by atoms with E-state index in [-0.39, 0.29) is 5.82 Å². The zero-order chi connectivity index (χ0) is 14.8. The van der Waals surface area contributed by atoms with E-state index in [2.05, 4.69) is 5.32 Å². The molecule has 1 aliphatic carbocycles. The topological polar surface area (TPSA) is 66.4 Å². The molecule has 1 fully saturated rings. The fourth-order valence-electron chi connectivity index (χ4n) is 2.49. The quantitative estimate of drug-likeness (QED) is 0.811. The summed E-state index contributed by atoms with van der Waals surface area (Å²) >= 11 is 0. The van der Waals surface area contributed by atoms with Crippen LogP contribution in [-0.2, 0) is 16.0 Å². The number of hydrogen-bond donors (Lipinski definition) is 2. The molecule has 4 nitrogen and oxygen atoms in total.